The van der Waals surface area contributed by atoms with Crippen LogP contribution in [0.3, 0.4) is 0 Å². The van der Waals surface area contributed by atoms with Crippen LogP contribution in [0.2, 0.25) is 0 Å². The Bertz CT molecular complexity index is 1020. The quantitative estimate of drug-likeness (QED) is 0.624. The Balaban J connectivity index is 1.41. The first-order valence-electron chi connectivity index (χ1n) is 9.59. The molecule has 1 atom stereocenters. The lowest BCUT2D eigenvalue weighted by molar-refractivity contribution is -0.136. The van der Waals surface area contributed by atoms with Crippen LogP contribution in [0.4, 0.5) is 0 Å². The van der Waals surface area contributed by atoms with Crippen molar-refractivity contribution in [2.45, 2.75) is 33.4 Å². The van der Waals surface area contributed by atoms with E-state index in [9.17, 15) is 4.79 Å². The lowest BCUT2D eigenvalue weighted by Crippen LogP contribution is -2.50. The molecule has 4 rings (SSSR count). The third-order valence-corrected chi connectivity index (χ3v) is 6.46. The number of aromatic amines is 1. The van der Waals surface area contributed by atoms with Gasteiger partial charge in [0.1, 0.15) is 11.8 Å². The second-order valence-electron chi connectivity index (χ2n) is 7.23. The van der Waals surface area contributed by atoms with Crippen LogP contribution < -0.4 is 0 Å². The van der Waals surface area contributed by atoms with E-state index in [4.69, 9.17) is 16.6 Å². The molecule has 0 spiro atoms. The zero-order chi connectivity index (χ0) is 20.5. The summed E-state index contributed by atoms with van der Waals surface area (Å²) < 4.78 is 7.96. The Labute approximate surface area is 178 Å². The highest BCUT2D eigenvalue weighted by Crippen LogP contribution is 2.26. The van der Waals surface area contributed by atoms with Gasteiger partial charge < -0.3 is 9.32 Å². The van der Waals surface area contributed by atoms with Crippen molar-refractivity contribution in [2.24, 2.45) is 0 Å². The summed E-state index contributed by atoms with van der Waals surface area (Å²) >= 11 is 6.98. The monoisotopic (exact) mass is 432 g/mol. The van der Waals surface area contributed by atoms with Gasteiger partial charge in [0.05, 0.1) is 17.1 Å². The summed E-state index contributed by atoms with van der Waals surface area (Å²) in [6, 6.07) is 3.53. The van der Waals surface area contributed by atoms with E-state index in [0.717, 1.165) is 35.3 Å². The van der Waals surface area contributed by atoms with Crippen molar-refractivity contribution in [2.75, 3.05) is 26.2 Å². The molecule has 3 aromatic heterocycles. The number of rotatable bonds is 5. The Morgan fingerprint density at radius 3 is 2.72 bits per heavy atom. The molecule has 0 aromatic carbocycles. The largest absolute Gasteiger partial charge is 0.444 e. The molecule has 0 bridgehead atoms. The van der Waals surface area contributed by atoms with Gasteiger partial charge in [-0.1, -0.05) is 6.07 Å². The van der Waals surface area contributed by atoms with Gasteiger partial charge in [-0.05, 0) is 44.4 Å². The van der Waals surface area contributed by atoms with E-state index in [1.807, 2.05) is 47.8 Å². The second-order valence-corrected chi connectivity index (χ2v) is 8.56. The van der Waals surface area contributed by atoms with Gasteiger partial charge in [0.15, 0.2) is 10.6 Å². The fourth-order valence-electron chi connectivity index (χ4n) is 3.54. The van der Waals surface area contributed by atoms with E-state index >= 15 is 0 Å². The van der Waals surface area contributed by atoms with Gasteiger partial charge in [-0.15, -0.1) is 11.3 Å². The number of amides is 1. The summed E-state index contributed by atoms with van der Waals surface area (Å²) in [4.78, 5) is 22.8. The number of piperazine rings is 1. The van der Waals surface area contributed by atoms with E-state index < -0.39 is 6.04 Å². The number of aromatic nitrogens is 4. The third kappa shape index (κ3) is 4.05. The highest BCUT2D eigenvalue weighted by atomic mass is 32.1. The maximum atomic E-state index is 13.2. The molecule has 1 N–H and O–H groups in total. The lowest BCUT2D eigenvalue weighted by atomic mass is 10.2. The summed E-state index contributed by atoms with van der Waals surface area (Å²) in [6.45, 7) is 9.34. The molecule has 29 heavy (non-hydrogen) atoms. The van der Waals surface area contributed by atoms with E-state index in [-0.39, 0.29) is 5.91 Å². The van der Waals surface area contributed by atoms with Crippen LogP contribution in [-0.2, 0) is 11.3 Å². The molecule has 1 fully saturated rings. The summed E-state index contributed by atoms with van der Waals surface area (Å²) in [5.41, 5.74) is 0.932. The van der Waals surface area contributed by atoms with Crippen molar-refractivity contribution in [1.82, 2.24) is 29.5 Å². The van der Waals surface area contributed by atoms with Crippen molar-refractivity contribution in [3.63, 3.8) is 0 Å². The first-order valence-corrected chi connectivity index (χ1v) is 10.9. The molecule has 1 saturated heterocycles. The standard InChI is InChI=1S/C19H24N6O2S2/c1-12-14(3)27-16(20-12)11-23-6-8-24(9-7-23)18(26)13(2)25-17(21-22-19(25)28)15-5-4-10-29-15/h4-5,10,13H,6-9,11H2,1-3H3,(H,22,28). The average molecular weight is 433 g/mol. The molecule has 1 amide bonds. The highest BCUT2D eigenvalue weighted by Gasteiger charge is 2.28. The molecule has 1 unspecified atom stereocenters. The zero-order valence-electron chi connectivity index (χ0n) is 16.7. The third-order valence-electron chi connectivity index (χ3n) is 5.31. The Kier molecular flexibility index (Phi) is 5.66. The van der Waals surface area contributed by atoms with Crippen molar-refractivity contribution in [3.8, 4) is 10.7 Å². The fraction of sp³-hybridized carbons (Fsp3) is 0.474. The highest BCUT2D eigenvalue weighted by molar-refractivity contribution is 7.71. The number of hydrogen-bond acceptors (Lipinski definition) is 7. The van der Waals surface area contributed by atoms with Gasteiger partial charge in [0.2, 0.25) is 11.8 Å². The first-order chi connectivity index (χ1) is 13.9. The van der Waals surface area contributed by atoms with Crippen LogP contribution >= 0.6 is 23.6 Å². The molecule has 8 nitrogen and oxygen atoms in total. The van der Waals surface area contributed by atoms with Gasteiger partial charge in [-0.3, -0.25) is 19.4 Å². The van der Waals surface area contributed by atoms with Crippen molar-refractivity contribution >= 4 is 29.5 Å². The molecule has 0 radical (unpaired) electrons. The number of aryl methyl sites for hydroxylation is 2. The predicted molar refractivity (Wildman–Crippen MR) is 113 cm³/mol. The van der Waals surface area contributed by atoms with Crippen molar-refractivity contribution < 1.29 is 9.21 Å². The Morgan fingerprint density at radius 2 is 2.10 bits per heavy atom. The van der Waals surface area contributed by atoms with Crippen molar-refractivity contribution in [3.05, 3.63) is 39.6 Å². The van der Waals surface area contributed by atoms with E-state index in [0.29, 0.717) is 30.2 Å². The minimum absolute atomic E-state index is 0.0581. The fourth-order valence-corrected chi connectivity index (χ4v) is 4.54. The molecule has 4 heterocycles. The number of carbonyl (C=O) groups excluding carboxylic acids is 1. The number of thiophene rings is 1. The topological polar surface area (TPSA) is 83.2 Å². The number of H-pyrrole nitrogens is 1. The normalized spacial score (nSPS) is 16.3. The molecular formula is C19H24N6O2S2. The van der Waals surface area contributed by atoms with Gasteiger partial charge in [0.25, 0.3) is 0 Å². The molecule has 0 aliphatic carbocycles. The van der Waals surface area contributed by atoms with Crippen LogP contribution in [0, 0.1) is 18.6 Å². The van der Waals surface area contributed by atoms with E-state index in [1.54, 1.807) is 11.3 Å². The van der Waals surface area contributed by atoms with Gasteiger partial charge in [0, 0.05) is 26.2 Å². The Morgan fingerprint density at radius 1 is 1.34 bits per heavy atom. The van der Waals surface area contributed by atoms with Crippen LogP contribution in [0.1, 0.15) is 30.3 Å². The van der Waals surface area contributed by atoms with Crippen LogP contribution in [-0.4, -0.2) is 61.6 Å². The minimum atomic E-state index is -0.415. The first kappa shape index (κ1) is 20.0. The molecule has 154 valence electrons. The van der Waals surface area contributed by atoms with Gasteiger partial charge >= 0.3 is 0 Å². The van der Waals surface area contributed by atoms with Crippen LogP contribution in [0.15, 0.2) is 21.9 Å². The number of nitrogens with zero attached hydrogens (tertiary/aromatic N) is 5. The summed E-state index contributed by atoms with van der Waals surface area (Å²) in [7, 11) is 0. The summed E-state index contributed by atoms with van der Waals surface area (Å²) in [5.74, 6) is 2.36. The smallest absolute Gasteiger partial charge is 0.245 e. The lowest BCUT2D eigenvalue weighted by Gasteiger charge is -2.35. The zero-order valence-corrected chi connectivity index (χ0v) is 18.3. The maximum absolute atomic E-state index is 13.2. The molecular weight excluding hydrogens is 408 g/mol. The molecule has 1 aliphatic rings. The summed E-state index contributed by atoms with van der Waals surface area (Å²) in [5, 5.41) is 9.15. The van der Waals surface area contributed by atoms with Crippen LogP contribution in [0.5, 0.6) is 0 Å². The van der Waals surface area contributed by atoms with Gasteiger partial charge in [-0.25, -0.2) is 4.98 Å². The Hall–Kier alpha value is -2.30. The van der Waals surface area contributed by atoms with E-state index in [2.05, 4.69) is 20.1 Å². The number of nitrogens with one attached hydrogen (secondary N) is 1. The molecule has 1 aliphatic heterocycles. The SMILES string of the molecule is Cc1nc(CN2CCN(C(=O)C(C)n3c(-c4cccs4)n[nH]c3=S)CC2)oc1C. The minimum Gasteiger partial charge on any atom is -0.444 e. The van der Waals surface area contributed by atoms with Gasteiger partial charge in [-0.2, -0.15) is 5.10 Å². The average Bonchev–Trinajstić information content (AvgIpc) is 3.43. The molecule has 10 heteroatoms. The number of oxazole rings is 1. The summed E-state index contributed by atoms with van der Waals surface area (Å²) in [6.07, 6.45) is 0. The van der Waals surface area contributed by atoms with Crippen LogP contribution in [0.25, 0.3) is 10.7 Å². The van der Waals surface area contributed by atoms with E-state index in [1.165, 1.54) is 0 Å². The molecule has 3 aromatic rings. The number of hydrogen-bond donors (Lipinski definition) is 1. The number of carbonyl (C=O) groups is 1. The molecule has 0 saturated carbocycles. The maximum Gasteiger partial charge on any atom is 0.245 e. The predicted octanol–water partition coefficient (Wildman–Crippen LogP) is 3.18. The van der Waals surface area contributed by atoms with Crippen molar-refractivity contribution in [1.29, 1.82) is 0 Å². The second kappa shape index (κ2) is 8.21.